The first-order valence-electron chi connectivity index (χ1n) is 8.99. The molecule has 0 unspecified atom stereocenters. The maximum atomic E-state index is 9.44. The summed E-state index contributed by atoms with van der Waals surface area (Å²) in [6.45, 7) is 3.88. The Kier molecular flexibility index (Phi) is 5.99. The lowest BCUT2D eigenvalue weighted by molar-refractivity contribution is 0.242. The first-order chi connectivity index (χ1) is 13.1. The molecule has 5 nitrogen and oxygen atoms in total. The van der Waals surface area contributed by atoms with Crippen molar-refractivity contribution in [3.8, 4) is 33.0 Å². The summed E-state index contributed by atoms with van der Waals surface area (Å²) in [5.41, 5.74) is 11.2. The molecule has 0 bridgehead atoms. The predicted molar refractivity (Wildman–Crippen MR) is 114 cm³/mol. The molecule has 7 heteroatoms. The smallest absolute Gasteiger partial charge is 0.148 e. The van der Waals surface area contributed by atoms with E-state index in [0.717, 1.165) is 34.0 Å². The van der Waals surface area contributed by atoms with Crippen LogP contribution in [0.2, 0.25) is 0 Å². The Morgan fingerprint density at radius 3 is 2.75 bits per heavy atom. The van der Waals surface area contributed by atoms with Gasteiger partial charge in [0.25, 0.3) is 0 Å². The summed E-state index contributed by atoms with van der Waals surface area (Å²) in [6.07, 6.45) is 1.96. The fourth-order valence-corrected chi connectivity index (χ4v) is 4.34. The van der Waals surface area contributed by atoms with Crippen LogP contribution < -0.4 is 10.5 Å². The second-order valence-electron chi connectivity index (χ2n) is 6.92. The Morgan fingerprint density at radius 1 is 1.21 bits per heavy atom. The lowest BCUT2D eigenvalue weighted by atomic mass is 10.0. The monoisotopic (exact) mass is 412 g/mol. The average Bonchev–Trinajstić information content (AvgIpc) is 3.29. The third kappa shape index (κ3) is 3.74. The Bertz CT molecular complexity index is 1040. The number of benzene rings is 2. The third-order valence-corrected chi connectivity index (χ3v) is 5.69. The standard InChI is InChI=1S/C21H20N4OS.ClH/c1-12(2)26-19-9-6-13(10-14(19)11-22)20-24-25-21(27-20)17-5-3-4-16-15(17)7-8-18(16)23;/h3-6,9-10,12,18H,7-8,23H2,1-2H3;1H/t18-;/m0./s1. The lowest BCUT2D eigenvalue weighted by Crippen LogP contribution is -2.06. The highest BCUT2D eigenvalue weighted by molar-refractivity contribution is 7.17. The number of fused-ring (bicyclic) bond motifs is 1. The van der Waals surface area contributed by atoms with E-state index in [1.54, 1.807) is 0 Å². The van der Waals surface area contributed by atoms with Crippen LogP contribution in [-0.4, -0.2) is 16.3 Å². The molecule has 0 aliphatic heterocycles. The van der Waals surface area contributed by atoms with Crippen molar-refractivity contribution < 1.29 is 4.74 Å². The zero-order chi connectivity index (χ0) is 19.0. The minimum absolute atomic E-state index is 0. The molecule has 0 fully saturated rings. The number of aromatic nitrogens is 2. The van der Waals surface area contributed by atoms with Crippen LogP contribution in [0.25, 0.3) is 21.1 Å². The van der Waals surface area contributed by atoms with Gasteiger partial charge in [0.15, 0.2) is 0 Å². The van der Waals surface area contributed by atoms with E-state index in [1.807, 2.05) is 38.1 Å². The molecule has 0 saturated heterocycles. The van der Waals surface area contributed by atoms with Crippen LogP contribution in [0.1, 0.15) is 43.0 Å². The highest BCUT2D eigenvalue weighted by atomic mass is 35.5. The Balaban J connectivity index is 0.00000225. The highest BCUT2D eigenvalue weighted by Crippen LogP contribution is 2.39. The minimum Gasteiger partial charge on any atom is -0.490 e. The lowest BCUT2D eigenvalue weighted by Gasteiger charge is -2.11. The topological polar surface area (TPSA) is 84.8 Å². The van der Waals surface area contributed by atoms with Crippen LogP contribution in [0, 0.1) is 11.3 Å². The number of nitriles is 1. The largest absolute Gasteiger partial charge is 0.490 e. The van der Waals surface area contributed by atoms with Gasteiger partial charge in [0.2, 0.25) is 0 Å². The molecule has 28 heavy (non-hydrogen) atoms. The molecule has 1 aromatic heterocycles. The Labute approximate surface area is 174 Å². The Hall–Kier alpha value is -2.46. The van der Waals surface area contributed by atoms with Crippen molar-refractivity contribution in [2.75, 3.05) is 0 Å². The van der Waals surface area contributed by atoms with E-state index < -0.39 is 0 Å². The van der Waals surface area contributed by atoms with Crippen LogP contribution in [0.4, 0.5) is 0 Å². The zero-order valence-corrected chi connectivity index (χ0v) is 17.3. The summed E-state index contributed by atoms with van der Waals surface area (Å²) < 4.78 is 5.70. The quantitative estimate of drug-likeness (QED) is 0.658. The van der Waals surface area contributed by atoms with Gasteiger partial charge in [0.1, 0.15) is 21.8 Å². The molecule has 2 N–H and O–H groups in total. The summed E-state index contributed by atoms with van der Waals surface area (Å²) in [5.74, 6) is 0.593. The Morgan fingerprint density at radius 2 is 2.00 bits per heavy atom. The molecular formula is C21H21ClN4OS. The molecule has 1 heterocycles. The fourth-order valence-electron chi connectivity index (χ4n) is 3.44. The van der Waals surface area contributed by atoms with Crippen molar-refractivity contribution in [2.24, 2.45) is 5.73 Å². The summed E-state index contributed by atoms with van der Waals surface area (Å²) >= 11 is 1.53. The van der Waals surface area contributed by atoms with Gasteiger partial charge >= 0.3 is 0 Å². The summed E-state index contributed by atoms with van der Waals surface area (Å²) in [7, 11) is 0. The summed E-state index contributed by atoms with van der Waals surface area (Å²) in [4.78, 5) is 0. The van der Waals surface area contributed by atoms with Crippen LogP contribution in [0.15, 0.2) is 36.4 Å². The van der Waals surface area contributed by atoms with Crippen molar-refractivity contribution in [1.82, 2.24) is 10.2 Å². The van der Waals surface area contributed by atoms with Crippen molar-refractivity contribution in [3.05, 3.63) is 53.1 Å². The number of nitrogens with zero attached hydrogens (tertiary/aromatic N) is 3. The van der Waals surface area contributed by atoms with Gasteiger partial charge < -0.3 is 10.5 Å². The van der Waals surface area contributed by atoms with E-state index in [-0.39, 0.29) is 24.6 Å². The van der Waals surface area contributed by atoms with Crippen LogP contribution in [-0.2, 0) is 6.42 Å². The summed E-state index contributed by atoms with van der Waals surface area (Å²) in [5, 5.41) is 19.9. The van der Waals surface area contributed by atoms with Gasteiger partial charge in [-0.3, -0.25) is 0 Å². The second-order valence-corrected chi connectivity index (χ2v) is 7.90. The van der Waals surface area contributed by atoms with E-state index in [4.69, 9.17) is 10.5 Å². The molecule has 1 aliphatic carbocycles. The van der Waals surface area contributed by atoms with Gasteiger partial charge in [-0.2, -0.15) is 5.26 Å². The molecule has 3 aromatic rings. The molecule has 144 valence electrons. The molecule has 4 rings (SSSR count). The number of hydrogen-bond acceptors (Lipinski definition) is 6. The van der Waals surface area contributed by atoms with Crippen molar-refractivity contribution >= 4 is 23.7 Å². The molecule has 2 aromatic carbocycles. The van der Waals surface area contributed by atoms with Gasteiger partial charge in [0.05, 0.1) is 11.7 Å². The molecule has 0 radical (unpaired) electrons. The van der Waals surface area contributed by atoms with E-state index >= 15 is 0 Å². The van der Waals surface area contributed by atoms with Gasteiger partial charge in [-0.1, -0.05) is 29.5 Å². The third-order valence-electron chi connectivity index (χ3n) is 4.68. The number of ether oxygens (including phenoxy) is 1. The van der Waals surface area contributed by atoms with Gasteiger partial charge in [-0.25, -0.2) is 0 Å². The molecule has 0 saturated carbocycles. The number of rotatable bonds is 4. The first kappa shape index (κ1) is 20.3. The van der Waals surface area contributed by atoms with E-state index in [2.05, 4.69) is 28.4 Å². The molecule has 0 spiro atoms. The number of nitrogens with two attached hydrogens (primary N) is 1. The van der Waals surface area contributed by atoms with E-state index in [0.29, 0.717) is 11.3 Å². The van der Waals surface area contributed by atoms with Gasteiger partial charge in [0, 0.05) is 17.2 Å². The average molecular weight is 413 g/mol. The maximum Gasteiger partial charge on any atom is 0.148 e. The zero-order valence-electron chi connectivity index (χ0n) is 15.7. The van der Waals surface area contributed by atoms with Crippen LogP contribution in [0.3, 0.4) is 0 Å². The highest BCUT2D eigenvalue weighted by Gasteiger charge is 2.23. The van der Waals surface area contributed by atoms with Crippen molar-refractivity contribution in [1.29, 1.82) is 5.26 Å². The van der Waals surface area contributed by atoms with Crippen LogP contribution >= 0.6 is 23.7 Å². The van der Waals surface area contributed by atoms with Gasteiger partial charge in [-0.05, 0) is 56.0 Å². The van der Waals surface area contributed by atoms with E-state index in [9.17, 15) is 5.26 Å². The number of hydrogen-bond donors (Lipinski definition) is 1. The molecule has 0 amide bonds. The van der Waals surface area contributed by atoms with Crippen LogP contribution in [0.5, 0.6) is 5.75 Å². The normalized spacial score (nSPS) is 15.0. The fraction of sp³-hybridized carbons (Fsp3) is 0.286. The van der Waals surface area contributed by atoms with E-state index in [1.165, 1.54) is 22.5 Å². The van der Waals surface area contributed by atoms with Gasteiger partial charge in [-0.15, -0.1) is 22.6 Å². The molecule has 1 atom stereocenters. The minimum atomic E-state index is 0. The molecular weight excluding hydrogens is 392 g/mol. The SMILES string of the molecule is CC(C)Oc1ccc(-c2nnc(-c3cccc4c3CC[C@@H]4N)s2)cc1C#N.Cl. The number of halogens is 1. The maximum absolute atomic E-state index is 9.44. The summed E-state index contributed by atoms with van der Waals surface area (Å²) in [6, 6.07) is 14.1. The predicted octanol–water partition coefficient (Wildman–Crippen LogP) is 4.90. The second kappa shape index (κ2) is 8.27. The van der Waals surface area contributed by atoms with Crippen molar-refractivity contribution in [2.45, 2.75) is 38.8 Å². The van der Waals surface area contributed by atoms with Crippen molar-refractivity contribution in [3.63, 3.8) is 0 Å². The first-order valence-corrected chi connectivity index (χ1v) is 9.81. The molecule has 1 aliphatic rings.